The second kappa shape index (κ2) is 4.04. The molecule has 4 nitrogen and oxygen atoms in total. The molecular weight excluding hydrogens is 166 g/mol. The summed E-state index contributed by atoms with van der Waals surface area (Å²) in [5, 5.41) is 13.9. The van der Waals surface area contributed by atoms with Crippen LogP contribution in [0.15, 0.2) is 5.10 Å². The van der Waals surface area contributed by atoms with Crippen LogP contribution in [0.2, 0.25) is 0 Å². The van der Waals surface area contributed by atoms with E-state index in [2.05, 4.69) is 5.10 Å². The Morgan fingerprint density at radius 2 is 2.38 bits per heavy atom. The Labute approximate surface area is 77.8 Å². The zero-order chi connectivity index (χ0) is 9.84. The number of hydrogen-bond donors (Lipinski definition) is 0. The lowest BCUT2D eigenvalue weighted by molar-refractivity contribution is -0.131. The van der Waals surface area contributed by atoms with E-state index in [-0.39, 0.29) is 11.8 Å². The van der Waals surface area contributed by atoms with Crippen molar-refractivity contribution in [1.29, 1.82) is 5.26 Å². The van der Waals surface area contributed by atoms with E-state index in [0.29, 0.717) is 13.0 Å². The molecule has 0 aromatic carbocycles. The molecule has 1 unspecified atom stereocenters. The maximum Gasteiger partial charge on any atom is 0.251 e. The number of amides is 1. The first kappa shape index (κ1) is 9.72. The summed E-state index contributed by atoms with van der Waals surface area (Å²) in [6.07, 6.45) is 1.14. The molecule has 1 rings (SSSR count). The highest BCUT2D eigenvalue weighted by molar-refractivity contribution is 6.06. The van der Waals surface area contributed by atoms with Crippen molar-refractivity contribution in [3.8, 4) is 6.07 Å². The summed E-state index contributed by atoms with van der Waals surface area (Å²) in [6, 6.07) is 2.00. The lowest BCUT2D eigenvalue weighted by atomic mass is 10.0. The van der Waals surface area contributed by atoms with Gasteiger partial charge in [0.05, 0.1) is 25.0 Å². The van der Waals surface area contributed by atoms with Crippen molar-refractivity contribution >= 4 is 11.6 Å². The first-order valence-corrected chi connectivity index (χ1v) is 4.44. The number of carbonyl (C=O) groups is 1. The van der Waals surface area contributed by atoms with Crippen LogP contribution < -0.4 is 0 Å². The summed E-state index contributed by atoms with van der Waals surface area (Å²) in [6.45, 7) is 4.25. The molecule has 1 aliphatic rings. The first-order valence-electron chi connectivity index (χ1n) is 4.44. The topological polar surface area (TPSA) is 56.5 Å². The standard InChI is InChI=1S/C9H13N3O/c1-3-8-7(2)11-12(9(8)13)6-4-5-10/h8H,3-4,6H2,1-2H3. The SMILES string of the molecule is CCC1C(=O)N(CCC#N)N=C1C. The fourth-order valence-corrected chi connectivity index (χ4v) is 1.45. The van der Waals surface area contributed by atoms with E-state index in [1.54, 1.807) is 0 Å². The summed E-state index contributed by atoms with van der Waals surface area (Å²) in [5.41, 5.74) is 0.866. The van der Waals surface area contributed by atoms with Crippen molar-refractivity contribution < 1.29 is 4.79 Å². The van der Waals surface area contributed by atoms with Gasteiger partial charge < -0.3 is 0 Å². The smallest absolute Gasteiger partial charge is 0.251 e. The van der Waals surface area contributed by atoms with Gasteiger partial charge in [0, 0.05) is 5.71 Å². The van der Waals surface area contributed by atoms with E-state index in [0.717, 1.165) is 12.1 Å². The molecule has 1 aliphatic heterocycles. The normalized spacial score (nSPS) is 21.6. The van der Waals surface area contributed by atoms with Crippen LogP contribution in [0.1, 0.15) is 26.7 Å². The number of carbonyl (C=O) groups excluding carboxylic acids is 1. The van der Waals surface area contributed by atoms with Crippen LogP contribution in [0.5, 0.6) is 0 Å². The molecule has 0 aromatic rings. The third-order valence-corrected chi connectivity index (χ3v) is 2.18. The van der Waals surface area contributed by atoms with Gasteiger partial charge in [0.2, 0.25) is 0 Å². The van der Waals surface area contributed by atoms with E-state index >= 15 is 0 Å². The number of hydrazone groups is 1. The minimum Gasteiger partial charge on any atom is -0.272 e. The van der Waals surface area contributed by atoms with Crippen molar-refractivity contribution in [2.24, 2.45) is 11.0 Å². The molecule has 70 valence electrons. The van der Waals surface area contributed by atoms with E-state index in [1.165, 1.54) is 5.01 Å². The van der Waals surface area contributed by atoms with Gasteiger partial charge in [0.15, 0.2) is 0 Å². The molecule has 0 saturated carbocycles. The van der Waals surface area contributed by atoms with Gasteiger partial charge in [-0.1, -0.05) is 6.92 Å². The fraction of sp³-hybridized carbons (Fsp3) is 0.667. The Balaban J connectivity index is 2.62. The largest absolute Gasteiger partial charge is 0.272 e. The molecular formula is C9H13N3O. The molecule has 4 heteroatoms. The molecule has 1 amide bonds. The van der Waals surface area contributed by atoms with Crippen LogP contribution in [0.25, 0.3) is 0 Å². The van der Waals surface area contributed by atoms with Gasteiger partial charge in [0.25, 0.3) is 5.91 Å². The van der Waals surface area contributed by atoms with E-state index < -0.39 is 0 Å². The van der Waals surface area contributed by atoms with Crippen molar-refractivity contribution in [1.82, 2.24) is 5.01 Å². The molecule has 0 aliphatic carbocycles. The Bertz CT molecular complexity index is 277. The monoisotopic (exact) mass is 179 g/mol. The van der Waals surface area contributed by atoms with Gasteiger partial charge >= 0.3 is 0 Å². The molecule has 0 bridgehead atoms. The predicted octanol–water partition coefficient (Wildman–Crippen LogP) is 1.14. The van der Waals surface area contributed by atoms with Gasteiger partial charge in [0.1, 0.15) is 0 Å². The van der Waals surface area contributed by atoms with Gasteiger partial charge in [-0.25, -0.2) is 5.01 Å². The van der Waals surface area contributed by atoms with Crippen molar-refractivity contribution in [3.63, 3.8) is 0 Å². The number of rotatable bonds is 3. The van der Waals surface area contributed by atoms with Gasteiger partial charge in [-0.3, -0.25) is 4.79 Å². The molecule has 0 spiro atoms. The molecule has 13 heavy (non-hydrogen) atoms. The van der Waals surface area contributed by atoms with E-state index in [1.807, 2.05) is 19.9 Å². The molecule has 0 fully saturated rings. The molecule has 0 aromatic heterocycles. The quantitative estimate of drug-likeness (QED) is 0.652. The molecule has 0 saturated heterocycles. The molecule has 1 heterocycles. The van der Waals surface area contributed by atoms with E-state index in [9.17, 15) is 4.79 Å². The Kier molecular flexibility index (Phi) is 3.02. The van der Waals surface area contributed by atoms with Crippen LogP contribution in [0.3, 0.4) is 0 Å². The van der Waals surface area contributed by atoms with Crippen molar-refractivity contribution in [2.45, 2.75) is 26.7 Å². The second-order valence-electron chi connectivity index (χ2n) is 3.07. The Hall–Kier alpha value is -1.37. The highest BCUT2D eigenvalue weighted by Crippen LogP contribution is 2.18. The lowest BCUT2D eigenvalue weighted by Crippen LogP contribution is -2.27. The van der Waals surface area contributed by atoms with Crippen LogP contribution in [-0.4, -0.2) is 23.2 Å². The average molecular weight is 179 g/mol. The van der Waals surface area contributed by atoms with E-state index in [4.69, 9.17) is 5.26 Å². The summed E-state index contributed by atoms with van der Waals surface area (Å²) >= 11 is 0. The summed E-state index contributed by atoms with van der Waals surface area (Å²) < 4.78 is 0. The van der Waals surface area contributed by atoms with Gasteiger partial charge in [-0.2, -0.15) is 10.4 Å². The minimum atomic E-state index is -0.0568. The minimum absolute atomic E-state index is 0.0373. The van der Waals surface area contributed by atoms with Crippen molar-refractivity contribution in [2.75, 3.05) is 6.54 Å². The predicted molar refractivity (Wildman–Crippen MR) is 48.8 cm³/mol. The highest BCUT2D eigenvalue weighted by Gasteiger charge is 2.31. The number of hydrogen-bond acceptors (Lipinski definition) is 3. The van der Waals surface area contributed by atoms with Gasteiger partial charge in [-0.05, 0) is 13.3 Å². The van der Waals surface area contributed by atoms with Crippen LogP contribution in [-0.2, 0) is 4.79 Å². The molecule has 1 atom stereocenters. The molecule has 0 N–H and O–H groups in total. The average Bonchev–Trinajstić information content (AvgIpc) is 2.38. The first-order chi connectivity index (χ1) is 6.20. The van der Waals surface area contributed by atoms with Crippen molar-refractivity contribution in [3.05, 3.63) is 0 Å². The van der Waals surface area contributed by atoms with Gasteiger partial charge in [-0.15, -0.1) is 0 Å². The second-order valence-corrected chi connectivity index (χ2v) is 3.07. The summed E-state index contributed by atoms with van der Waals surface area (Å²) in [5.74, 6) is -0.0195. The molecule has 0 radical (unpaired) electrons. The zero-order valence-corrected chi connectivity index (χ0v) is 7.95. The third-order valence-electron chi connectivity index (χ3n) is 2.18. The fourth-order valence-electron chi connectivity index (χ4n) is 1.45. The summed E-state index contributed by atoms with van der Waals surface area (Å²) in [4.78, 5) is 11.6. The Morgan fingerprint density at radius 1 is 1.69 bits per heavy atom. The van der Waals surface area contributed by atoms with Crippen LogP contribution in [0.4, 0.5) is 0 Å². The summed E-state index contributed by atoms with van der Waals surface area (Å²) in [7, 11) is 0. The number of nitrogens with zero attached hydrogens (tertiary/aromatic N) is 3. The zero-order valence-electron chi connectivity index (χ0n) is 7.95. The lowest BCUT2D eigenvalue weighted by Gasteiger charge is -2.10. The number of nitriles is 1. The van der Waals surface area contributed by atoms with Crippen LogP contribution >= 0.6 is 0 Å². The maximum absolute atomic E-state index is 11.6. The maximum atomic E-state index is 11.6. The Morgan fingerprint density at radius 3 is 2.85 bits per heavy atom. The third kappa shape index (κ3) is 1.86. The van der Waals surface area contributed by atoms with Crippen LogP contribution in [0, 0.1) is 17.2 Å². The highest BCUT2D eigenvalue weighted by atomic mass is 16.2.